The fourth-order valence-corrected chi connectivity index (χ4v) is 4.47. The number of carbonyl (C=O) groups excluding carboxylic acids is 1. The van der Waals surface area contributed by atoms with Crippen LogP contribution < -0.4 is 9.62 Å². The molecule has 1 fully saturated rings. The standard InChI is InChI=1S/C18H20N2O3S/c1-13-5-3-6-14(2)17(13)19-18(21)15-7-9-16(10-8-15)20-11-4-12-24(20,22)23/h3,5-10H,4,11-12H2,1-2H3,(H,19,21). The fourth-order valence-electron chi connectivity index (χ4n) is 2.91. The number of rotatable bonds is 3. The van der Waals surface area contributed by atoms with Crippen LogP contribution in [0, 0.1) is 13.8 Å². The number of anilines is 2. The Balaban J connectivity index is 1.80. The van der Waals surface area contributed by atoms with E-state index >= 15 is 0 Å². The largest absolute Gasteiger partial charge is 0.322 e. The van der Waals surface area contributed by atoms with Crippen LogP contribution in [0.4, 0.5) is 11.4 Å². The van der Waals surface area contributed by atoms with Gasteiger partial charge in [0.1, 0.15) is 0 Å². The van der Waals surface area contributed by atoms with E-state index in [4.69, 9.17) is 0 Å². The van der Waals surface area contributed by atoms with Gasteiger partial charge in [0.05, 0.1) is 11.4 Å². The van der Waals surface area contributed by atoms with E-state index < -0.39 is 10.0 Å². The Morgan fingerprint density at radius 2 is 1.67 bits per heavy atom. The third-order valence-corrected chi connectivity index (χ3v) is 6.11. The molecule has 6 heteroatoms. The van der Waals surface area contributed by atoms with Crippen LogP contribution in [0.5, 0.6) is 0 Å². The number of amides is 1. The van der Waals surface area contributed by atoms with Crippen LogP contribution in [-0.2, 0) is 10.0 Å². The molecule has 1 amide bonds. The first-order chi connectivity index (χ1) is 11.4. The zero-order valence-electron chi connectivity index (χ0n) is 13.7. The van der Waals surface area contributed by atoms with E-state index in [0.29, 0.717) is 24.2 Å². The lowest BCUT2D eigenvalue weighted by Crippen LogP contribution is -2.25. The van der Waals surface area contributed by atoms with Gasteiger partial charge in [-0.05, 0) is 55.7 Å². The third-order valence-electron chi connectivity index (χ3n) is 4.24. The molecule has 0 aliphatic carbocycles. The molecule has 0 bridgehead atoms. The zero-order valence-corrected chi connectivity index (χ0v) is 14.6. The van der Waals surface area contributed by atoms with Gasteiger partial charge in [0, 0.05) is 17.8 Å². The van der Waals surface area contributed by atoms with Gasteiger partial charge in [-0.25, -0.2) is 8.42 Å². The molecule has 1 heterocycles. The molecule has 0 unspecified atom stereocenters. The molecule has 1 N–H and O–H groups in total. The molecule has 0 spiro atoms. The minimum Gasteiger partial charge on any atom is -0.322 e. The second-order valence-electron chi connectivity index (χ2n) is 6.01. The van der Waals surface area contributed by atoms with Gasteiger partial charge in [0.25, 0.3) is 5.91 Å². The van der Waals surface area contributed by atoms with Gasteiger partial charge in [-0.15, -0.1) is 0 Å². The van der Waals surface area contributed by atoms with E-state index in [1.54, 1.807) is 24.3 Å². The predicted molar refractivity (Wildman–Crippen MR) is 96.1 cm³/mol. The maximum absolute atomic E-state index is 12.4. The second kappa shape index (κ2) is 6.28. The van der Waals surface area contributed by atoms with Crippen molar-refractivity contribution >= 4 is 27.3 Å². The summed E-state index contributed by atoms with van der Waals surface area (Å²) in [7, 11) is -3.20. The summed E-state index contributed by atoms with van der Waals surface area (Å²) in [5, 5.41) is 2.93. The fraction of sp³-hybridized carbons (Fsp3) is 0.278. The summed E-state index contributed by atoms with van der Waals surface area (Å²) in [5.41, 5.74) is 3.93. The Hall–Kier alpha value is -2.34. The van der Waals surface area contributed by atoms with Gasteiger partial charge in [0.2, 0.25) is 10.0 Å². The van der Waals surface area contributed by atoms with Crippen LogP contribution in [0.15, 0.2) is 42.5 Å². The average Bonchev–Trinajstić information content (AvgIpc) is 2.90. The van der Waals surface area contributed by atoms with Crippen molar-refractivity contribution in [2.24, 2.45) is 0 Å². The Morgan fingerprint density at radius 3 is 2.21 bits per heavy atom. The van der Waals surface area contributed by atoms with Crippen molar-refractivity contribution in [3.8, 4) is 0 Å². The number of carbonyl (C=O) groups is 1. The van der Waals surface area contributed by atoms with Crippen molar-refractivity contribution in [2.75, 3.05) is 21.9 Å². The van der Waals surface area contributed by atoms with Gasteiger partial charge in [-0.2, -0.15) is 0 Å². The molecule has 1 saturated heterocycles. The molecule has 0 aromatic heterocycles. The van der Waals surface area contributed by atoms with Gasteiger partial charge < -0.3 is 5.32 Å². The highest BCUT2D eigenvalue weighted by Gasteiger charge is 2.28. The number of hydrogen-bond donors (Lipinski definition) is 1. The summed E-state index contributed by atoms with van der Waals surface area (Å²) in [6.07, 6.45) is 0.636. The number of benzene rings is 2. The first-order valence-corrected chi connectivity index (χ1v) is 9.47. The van der Waals surface area contributed by atoms with Gasteiger partial charge in [-0.1, -0.05) is 18.2 Å². The molecular weight excluding hydrogens is 324 g/mol. The Kier molecular flexibility index (Phi) is 4.32. The lowest BCUT2D eigenvalue weighted by atomic mass is 10.1. The van der Waals surface area contributed by atoms with Crippen molar-refractivity contribution in [1.29, 1.82) is 0 Å². The third kappa shape index (κ3) is 3.14. The molecule has 2 aromatic rings. The highest BCUT2D eigenvalue weighted by Crippen LogP contribution is 2.25. The lowest BCUT2D eigenvalue weighted by molar-refractivity contribution is 0.102. The van der Waals surface area contributed by atoms with E-state index in [0.717, 1.165) is 16.8 Å². The average molecular weight is 344 g/mol. The minimum absolute atomic E-state index is 0.182. The molecule has 2 aromatic carbocycles. The smallest absolute Gasteiger partial charge is 0.255 e. The first-order valence-electron chi connectivity index (χ1n) is 7.86. The Labute approximate surface area is 142 Å². The molecule has 5 nitrogen and oxygen atoms in total. The van der Waals surface area contributed by atoms with Crippen LogP contribution in [-0.4, -0.2) is 26.6 Å². The number of aryl methyl sites for hydroxylation is 2. The summed E-state index contributed by atoms with van der Waals surface area (Å²) >= 11 is 0. The number of para-hydroxylation sites is 1. The Bertz CT molecular complexity index is 853. The van der Waals surface area contributed by atoms with E-state index in [-0.39, 0.29) is 11.7 Å². The quantitative estimate of drug-likeness (QED) is 0.930. The minimum atomic E-state index is -3.20. The Morgan fingerprint density at radius 1 is 1.04 bits per heavy atom. The lowest BCUT2D eigenvalue weighted by Gasteiger charge is -2.17. The van der Waals surface area contributed by atoms with E-state index in [1.165, 1.54) is 4.31 Å². The van der Waals surface area contributed by atoms with Crippen molar-refractivity contribution < 1.29 is 13.2 Å². The topological polar surface area (TPSA) is 66.5 Å². The van der Waals surface area contributed by atoms with Crippen LogP contribution in [0.2, 0.25) is 0 Å². The predicted octanol–water partition coefficient (Wildman–Crippen LogP) is 3.10. The summed E-state index contributed by atoms with van der Waals surface area (Å²) in [6, 6.07) is 12.5. The van der Waals surface area contributed by atoms with Crippen LogP contribution >= 0.6 is 0 Å². The summed E-state index contributed by atoms with van der Waals surface area (Å²) in [4.78, 5) is 12.4. The van der Waals surface area contributed by atoms with Crippen LogP contribution in [0.1, 0.15) is 27.9 Å². The van der Waals surface area contributed by atoms with Crippen molar-refractivity contribution in [1.82, 2.24) is 0 Å². The summed E-state index contributed by atoms with van der Waals surface area (Å²) in [5.74, 6) is -0.0230. The van der Waals surface area contributed by atoms with Gasteiger partial charge in [0.15, 0.2) is 0 Å². The summed E-state index contributed by atoms with van der Waals surface area (Å²) < 4.78 is 25.3. The van der Waals surface area contributed by atoms with Crippen molar-refractivity contribution in [2.45, 2.75) is 20.3 Å². The molecule has 1 aliphatic heterocycles. The van der Waals surface area contributed by atoms with Crippen molar-refractivity contribution in [3.63, 3.8) is 0 Å². The normalized spacial score (nSPS) is 16.2. The highest BCUT2D eigenvalue weighted by molar-refractivity contribution is 7.93. The molecule has 1 aliphatic rings. The number of hydrogen-bond acceptors (Lipinski definition) is 3. The van der Waals surface area contributed by atoms with Crippen LogP contribution in [0.3, 0.4) is 0 Å². The number of nitrogens with zero attached hydrogens (tertiary/aromatic N) is 1. The summed E-state index contributed by atoms with van der Waals surface area (Å²) in [6.45, 7) is 4.39. The maximum atomic E-state index is 12.4. The highest BCUT2D eigenvalue weighted by atomic mass is 32.2. The van der Waals surface area contributed by atoms with E-state index in [2.05, 4.69) is 5.32 Å². The molecule has 0 atom stereocenters. The first kappa shape index (κ1) is 16.5. The molecule has 0 saturated carbocycles. The van der Waals surface area contributed by atoms with Gasteiger partial charge in [-0.3, -0.25) is 9.10 Å². The van der Waals surface area contributed by atoms with E-state index in [9.17, 15) is 13.2 Å². The number of nitrogens with one attached hydrogen (secondary N) is 1. The maximum Gasteiger partial charge on any atom is 0.255 e. The molecule has 24 heavy (non-hydrogen) atoms. The van der Waals surface area contributed by atoms with Crippen LogP contribution in [0.25, 0.3) is 0 Å². The van der Waals surface area contributed by atoms with Gasteiger partial charge >= 0.3 is 0 Å². The molecule has 126 valence electrons. The number of sulfonamides is 1. The second-order valence-corrected chi connectivity index (χ2v) is 8.02. The van der Waals surface area contributed by atoms with E-state index in [1.807, 2.05) is 32.0 Å². The van der Waals surface area contributed by atoms with Crippen molar-refractivity contribution in [3.05, 3.63) is 59.2 Å². The zero-order chi connectivity index (χ0) is 17.3. The molecular formula is C18H20N2O3S. The molecule has 3 rings (SSSR count). The SMILES string of the molecule is Cc1cccc(C)c1NC(=O)c1ccc(N2CCCS2(=O)=O)cc1. The monoisotopic (exact) mass is 344 g/mol. The molecule has 0 radical (unpaired) electrons.